The van der Waals surface area contributed by atoms with E-state index in [2.05, 4.69) is 16.1 Å². The molecule has 1 aromatic rings. The number of hydrogen-bond donors (Lipinski definition) is 5. The lowest BCUT2D eigenvalue weighted by atomic mass is 9.95. The number of nitrogens with one attached hydrogen (secondary N) is 3. The third-order valence-electron chi connectivity index (χ3n) is 5.71. The van der Waals surface area contributed by atoms with Gasteiger partial charge in [-0.3, -0.25) is 19.4 Å². The Morgan fingerprint density at radius 2 is 1.81 bits per heavy atom. The first-order valence-corrected chi connectivity index (χ1v) is 11.2. The molecule has 9 nitrogen and oxygen atoms in total. The summed E-state index contributed by atoms with van der Waals surface area (Å²) in [6, 6.07) is 4.52. The molecule has 178 valence electrons. The summed E-state index contributed by atoms with van der Waals surface area (Å²) in [5, 5.41) is 16.9. The number of carbonyl (C=O) groups is 3. The third kappa shape index (κ3) is 6.67. The van der Waals surface area contributed by atoms with Gasteiger partial charge in [-0.05, 0) is 49.3 Å². The molecule has 6 N–H and O–H groups in total. The standard InChI is InChI=1S/C23H37N5O4/c1-13(2)19(24)22(31)25-15(5)23(32)28-11-7-10-18(27-28)21(30)26-20(14(3)4)16-8-6-9-17(29)12-16/h6,8-9,12-15,18-20,27,29H,7,10-11,24H2,1-5H3,(H,25,31)(H,26,30)/t15-,18-,19-,20+/m0/s1. The zero-order valence-electron chi connectivity index (χ0n) is 19.6. The first kappa shape index (κ1) is 25.6. The lowest BCUT2D eigenvalue weighted by Gasteiger charge is -2.36. The van der Waals surface area contributed by atoms with E-state index < -0.39 is 18.1 Å². The van der Waals surface area contributed by atoms with Crippen LogP contribution in [0.1, 0.15) is 59.1 Å². The maximum atomic E-state index is 13.0. The van der Waals surface area contributed by atoms with Gasteiger partial charge in [0.05, 0.1) is 12.1 Å². The summed E-state index contributed by atoms with van der Waals surface area (Å²) in [6.07, 6.45) is 1.24. The van der Waals surface area contributed by atoms with Crippen LogP contribution in [0.4, 0.5) is 0 Å². The summed E-state index contributed by atoms with van der Waals surface area (Å²) in [7, 11) is 0. The van der Waals surface area contributed by atoms with Gasteiger partial charge in [-0.15, -0.1) is 0 Å². The molecule has 32 heavy (non-hydrogen) atoms. The van der Waals surface area contributed by atoms with Gasteiger partial charge in [-0.25, -0.2) is 5.43 Å². The molecule has 1 saturated heterocycles. The molecule has 2 rings (SSSR count). The van der Waals surface area contributed by atoms with Crippen LogP contribution in [0.2, 0.25) is 0 Å². The van der Waals surface area contributed by atoms with E-state index in [0.717, 1.165) is 5.56 Å². The molecule has 1 aliphatic rings. The van der Waals surface area contributed by atoms with Crippen molar-refractivity contribution >= 4 is 17.7 Å². The number of hydrazine groups is 1. The first-order valence-electron chi connectivity index (χ1n) is 11.2. The quantitative estimate of drug-likeness (QED) is 0.406. The van der Waals surface area contributed by atoms with Gasteiger partial charge in [-0.1, -0.05) is 39.8 Å². The van der Waals surface area contributed by atoms with E-state index in [4.69, 9.17) is 5.73 Å². The van der Waals surface area contributed by atoms with Crippen LogP contribution in [0.5, 0.6) is 5.75 Å². The number of benzene rings is 1. The van der Waals surface area contributed by atoms with Crippen molar-refractivity contribution in [1.29, 1.82) is 0 Å². The van der Waals surface area contributed by atoms with Crippen LogP contribution in [0.3, 0.4) is 0 Å². The number of amides is 3. The highest BCUT2D eigenvalue weighted by Gasteiger charge is 2.32. The minimum atomic E-state index is -0.766. The molecule has 0 aliphatic carbocycles. The Bertz CT molecular complexity index is 813. The maximum absolute atomic E-state index is 13.0. The molecule has 1 fully saturated rings. The average Bonchev–Trinajstić information content (AvgIpc) is 2.75. The SMILES string of the molecule is CC(C)[C@H](N)C(=O)N[C@@H](C)C(=O)N1CCC[C@@H](C(=O)N[C@@H](c2cccc(O)c2)C(C)C)N1. The van der Waals surface area contributed by atoms with E-state index in [1.54, 1.807) is 25.1 Å². The molecule has 0 aromatic heterocycles. The number of phenols is 1. The Balaban J connectivity index is 2.00. The number of nitrogens with zero attached hydrogens (tertiary/aromatic N) is 1. The Morgan fingerprint density at radius 1 is 1.12 bits per heavy atom. The van der Waals surface area contributed by atoms with Crippen molar-refractivity contribution in [3.05, 3.63) is 29.8 Å². The van der Waals surface area contributed by atoms with E-state index >= 15 is 0 Å². The molecule has 0 bridgehead atoms. The van der Waals surface area contributed by atoms with Crippen molar-refractivity contribution in [2.24, 2.45) is 17.6 Å². The third-order valence-corrected chi connectivity index (χ3v) is 5.71. The van der Waals surface area contributed by atoms with Gasteiger partial charge in [0.15, 0.2) is 0 Å². The fraction of sp³-hybridized carbons (Fsp3) is 0.609. The van der Waals surface area contributed by atoms with Crippen molar-refractivity contribution in [3.63, 3.8) is 0 Å². The number of hydrogen-bond acceptors (Lipinski definition) is 6. The highest BCUT2D eigenvalue weighted by atomic mass is 16.3. The molecule has 1 aromatic carbocycles. The van der Waals surface area contributed by atoms with Crippen LogP contribution in [-0.2, 0) is 14.4 Å². The summed E-state index contributed by atoms with van der Waals surface area (Å²) < 4.78 is 0. The first-order chi connectivity index (χ1) is 15.0. The topological polar surface area (TPSA) is 137 Å². The van der Waals surface area contributed by atoms with Crippen LogP contribution in [0.25, 0.3) is 0 Å². The largest absolute Gasteiger partial charge is 0.508 e. The minimum absolute atomic E-state index is 0.0427. The summed E-state index contributed by atoms with van der Waals surface area (Å²) in [4.78, 5) is 38.0. The van der Waals surface area contributed by atoms with Crippen molar-refractivity contribution < 1.29 is 19.5 Å². The molecule has 4 atom stereocenters. The molecular weight excluding hydrogens is 410 g/mol. The van der Waals surface area contributed by atoms with Crippen molar-refractivity contribution in [1.82, 2.24) is 21.1 Å². The van der Waals surface area contributed by atoms with Crippen molar-refractivity contribution in [3.8, 4) is 5.75 Å². The number of rotatable bonds is 8. The van der Waals surface area contributed by atoms with Crippen molar-refractivity contribution in [2.45, 2.75) is 71.6 Å². The summed E-state index contributed by atoms with van der Waals surface area (Å²) in [5.41, 5.74) is 9.68. The molecule has 0 spiro atoms. The van der Waals surface area contributed by atoms with Gasteiger partial charge in [0, 0.05) is 6.54 Å². The second kappa shape index (κ2) is 11.3. The monoisotopic (exact) mass is 447 g/mol. The van der Waals surface area contributed by atoms with E-state index in [-0.39, 0.29) is 41.3 Å². The van der Waals surface area contributed by atoms with Crippen LogP contribution in [0.15, 0.2) is 24.3 Å². The fourth-order valence-electron chi connectivity index (χ4n) is 3.65. The Labute approximate surface area is 190 Å². The highest BCUT2D eigenvalue weighted by molar-refractivity contribution is 5.90. The molecule has 0 unspecified atom stereocenters. The zero-order valence-corrected chi connectivity index (χ0v) is 19.6. The van der Waals surface area contributed by atoms with Gasteiger partial charge >= 0.3 is 0 Å². The zero-order chi connectivity index (χ0) is 24.0. The van der Waals surface area contributed by atoms with Crippen LogP contribution in [-0.4, -0.2) is 52.5 Å². The van der Waals surface area contributed by atoms with Gasteiger partial charge in [0.2, 0.25) is 11.8 Å². The second-order valence-electron chi connectivity index (χ2n) is 9.14. The molecule has 9 heteroatoms. The molecule has 1 heterocycles. The lowest BCUT2D eigenvalue weighted by Crippen LogP contribution is -2.61. The number of aromatic hydroxyl groups is 1. The second-order valence-corrected chi connectivity index (χ2v) is 9.14. The smallest absolute Gasteiger partial charge is 0.258 e. The van der Waals surface area contributed by atoms with Crippen molar-refractivity contribution in [2.75, 3.05) is 6.54 Å². The van der Waals surface area contributed by atoms with Gasteiger partial charge in [0.1, 0.15) is 17.8 Å². The number of carbonyl (C=O) groups excluding carboxylic acids is 3. The summed E-state index contributed by atoms with van der Waals surface area (Å²) in [5.74, 6) is -0.717. The molecular formula is C23H37N5O4. The van der Waals surface area contributed by atoms with E-state index in [1.807, 2.05) is 33.8 Å². The van der Waals surface area contributed by atoms with Gasteiger partial charge in [-0.2, -0.15) is 0 Å². The predicted octanol–water partition coefficient (Wildman–Crippen LogP) is 1.19. The highest BCUT2D eigenvalue weighted by Crippen LogP contribution is 2.25. The average molecular weight is 448 g/mol. The fourth-order valence-corrected chi connectivity index (χ4v) is 3.65. The van der Waals surface area contributed by atoms with E-state index in [9.17, 15) is 19.5 Å². The molecule has 3 amide bonds. The Kier molecular flexibility index (Phi) is 9.03. The van der Waals surface area contributed by atoms with E-state index in [1.165, 1.54) is 5.01 Å². The Morgan fingerprint density at radius 3 is 2.41 bits per heavy atom. The van der Waals surface area contributed by atoms with Crippen LogP contribution in [0, 0.1) is 11.8 Å². The maximum Gasteiger partial charge on any atom is 0.258 e. The minimum Gasteiger partial charge on any atom is -0.508 e. The van der Waals surface area contributed by atoms with Gasteiger partial charge < -0.3 is 21.5 Å². The number of nitrogens with two attached hydrogens (primary N) is 1. The molecule has 0 radical (unpaired) electrons. The Hall–Kier alpha value is -2.65. The van der Waals surface area contributed by atoms with Crippen LogP contribution >= 0.6 is 0 Å². The summed E-state index contributed by atoms with van der Waals surface area (Å²) in [6.45, 7) is 9.71. The number of phenolic OH excluding ortho intramolecular Hbond substituents is 1. The predicted molar refractivity (Wildman–Crippen MR) is 122 cm³/mol. The van der Waals surface area contributed by atoms with Crippen LogP contribution < -0.4 is 21.8 Å². The molecule has 0 saturated carbocycles. The molecule has 1 aliphatic heterocycles. The van der Waals surface area contributed by atoms with Gasteiger partial charge in [0.25, 0.3) is 5.91 Å². The normalized spacial score (nSPS) is 19.4. The summed E-state index contributed by atoms with van der Waals surface area (Å²) >= 11 is 0. The van der Waals surface area contributed by atoms with E-state index in [0.29, 0.717) is 19.4 Å². The lowest BCUT2D eigenvalue weighted by molar-refractivity contribution is -0.143.